The Morgan fingerprint density at radius 2 is 1.57 bits per heavy atom. The Balaban J connectivity index is 1.78. The first-order chi connectivity index (χ1) is 13.7. The Labute approximate surface area is 184 Å². The third-order valence-corrected chi connectivity index (χ3v) is 6.45. The highest BCUT2D eigenvalue weighted by molar-refractivity contribution is 5.69. The molecular weight excluding hydrogens is 372 g/mol. The quantitative estimate of drug-likeness (QED) is 0.563. The third kappa shape index (κ3) is 5.70. The van der Waals surface area contributed by atoms with E-state index in [0.29, 0.717) is 29.8 Å². The molecule has 0 spiro atoms. The van der Waals surface area contributed by atoms with E-state index < -0.39 is 5.60 Å². The van der Waals surface area contributed by atoms with Crippen molar-refractivity contribution in [1.29, 1.82) is 0 Å². The van der Waals surface area contributed by atoms with Crippen LogP contribution in [0.5, 0.6) is 0 Å². The second kappa shape index (κ2) is 8.09. The van der Waals surface area contributed by atoms with Gasteiger partial charge in [-0.2, -0.15) is 0 Å². The predicted molar refractivity (Wildman–Crippen MR) is 125 cm³/mol. The van der Waals surface area contributed by atoms with Crippen LogP contribution in [0.4, 0.5) is 10.5 Å². The maximum Gasteiger partial charge on any atom is 0.410 e. The highest BCUT2D eigenvalue weighted by atomic mass is 16.6. The monoisotopic (exact) mass is 414 g/mol. The van der Waals surface area contributed by atoms with Gasteiger partial charge in [0, 0.05) is 31.9 Å². The molecule has 1 aromatic carbocycles. The fourth-order valence-electron chi connectivity index (χ4n) is 5.81. The zero-order valence-corrected chi connectivity index (χ0v) is 20.5. The molecule has 1 aromatic rings. The molecule has 2 aliphatic rings. The first-order valence-corrected chi connectivity index (χ1v) is 11.6. The summed E-state index contributed by atoms with van der Waals surface area (Å²) in [5.74, 6) is 0.586. The molecule has 1 saturated carbocycles. The molecule has 1 amide bonds. The van der Waals surface area contributed by atoms with E-state index in [1.807, 2.05) is 25.7 Å². The maximum absolute atomic E-state index is 12.4. The van der Waals surface area contributed by atoms with Crippen LogP contribution in [0.15, 0.2) is 18.2 Å². The minimum atomic E-state index is -0.446. The molecule has 1 aliphatic carbocycles. The SMILES string of the molecule is Cc1ccc(N2CCN(C(=O)OC(C)(C)C)CC2)c(C2CC(C)(C)CC(C)(C)C2)c1. The number of ether oxygens (including phenoxy) is 1. The molecule has 0 N–H and O–H groups in total. The molecule has 1 heterocycles. The average Bonchev–Trinajstić information content (AvgIpc) is 2.57. The summed E-state index contributed by atoms with van der Waals surface area (Å²) >= 11 is 0. The molecule has 1 saturated heterocycles. The second-order valence-electron chi connectivity index (χ2n) is 12.1. The number of carbonyl (C=O) groups is 1. The first kappa shape index (κ1) is 23.0. The molecule has 4 heteroatoms. The number of carbonyl (C=O) groups excluding carboxylic acids is 1. The van der Waals surface area contributed by atoms with Gasteiger partial charge in [-0.1, -0.05) is 45.4 Å². The Morgan fingerprint density at radius 1 is 1.00 bits per heavy atom. The van der Waals surface area contributed by atoms with Crippen LogP contribution >= 0.6 is 0 Å². The van der Waals surface area contributed by atoms with Gasteiger partial charge < -0.3 is 14.5 Å². The molecule has 30 heavy (non-hydrogen) atoms. The minimum Gasteiger partial charge on any atom is -0.444 e. The number of nitrogens with zero attached hydrogens (tertiary/aromatic N) is 2. The first-order valence-electron chi connectivity index (χ1n) is 11.6. The zero-order chi connectivity index (χ0) is 22.3. The number of piperazine rings is 1. The predicted octanol–water partition coefficient (Wildman–Crippen LogP) is 6.37. The molecule has 4 nitrogen and oxygen atoms in total. The fourth-order valence-corrected chi connectivity index (χ4v) is 5.81. The van der Waals surface area contributed by atoms with E-state index >= 15 is 0 Å². The standard InChI is InChI=1S/C26H42N2O2/c1-19-9-10-22(21(15-19)20-16-25(5,6)18-26(7,8)17-20)27-11-13-28(14-12-27)23(29)30-24(2,3)4/h9-10,15,20H,11-14,16-18H2,1-8H3. The fraction of sp³-hybridized carbons (Fsp3) is 0.731. The summed E-state index contributed by atoms with van der Waals surface area (Å²) in [6.07, 6.45) is 3.57. The van der Waals surface area contributed by atoms with Gasteiger partial charge in [0.25, 0.3) is 0 Å². The lowest BCUT2D eigenvalue weighted by Gasteiger charge is -2.46. The van der Waals surface area contributed by atoms with Gasteiger partial charge in [0.15, 0.2) is 0 Å². The highest BCUT2D eigenvalue weighted by Crippen LogP contribution is 2.53. The van der Waals surface area contributed by atoms with E-state index in [2.05, 4.69) is 57.7 Å². The summed E-state index contributed by atoms with van der Waals surface area (Å²) in [6.45, 7) is 20.8. The van der Waals surface area contributed by atoms with Crippen LogP contribution in [0.1, 0.15) is 84.8 Å². The number of hydrogen-bond donors (Lipinski definition) is 0. The number of amides is 1. The molecule has 2 fully saturated rings. The van der Waals surface area contributed by atoms with Crippen LogP contribution in [0, 0.1) is 17.8 Å². The third-order valence-electron chi connectivity index (χ3n) is 6.45. The molecule has 0 atom stereocenters. The van der Waals surface area contributed by atoms with Crippen molar-refractivity contribution in [3.05, 3.63) is 29.3 Å². The van der Waals surface area contributed by atoms with Gasteiger partial charge in [-0.05, 0) is 75.3 Å². The van der Waals surface area contributed by atoms with E-state index in [9.17, 15) is 4.79 Å². The van der Waals surface area contributed by atoms with E-state index in [4.69, 9.17) is 4.74 Å². The number of anilines is 1. The maximum atomic E-state index is 12.4. The zero-order valence-electron chi connectivity index (χ0n) is 20.5. The topological polar surface area (TPSA) is 32.8 Å². The number of rotatable bonds is 2. The minimum absolute atomic E-state index is 0.193. The molecule has 0 unspecified atom stereocenters. The van der Waals surface area contributed by atoms with Crippen LogP contribution < -0.4 is 4.90 Å². The van der Waals surface area contributed by atoms with Gasteiger partial charge in [0.1, 0.15) is 5.60 Å². The summed E-state index contributed by atoms with van der Waals surface area (Å²) in [7, 11) is 0. The van der Waals surface area contributed by atoms with Gasteiger partial charge in [0.2, 0.25) is 0 Å². The van der Waals surface area contributed by atoms with Gasteiger partial charge in [-0.15, -0.1) is 0 Å². The average molecular weight is 415 g/mol. The number of hydrogen-bond acceptors (Lipinski definition) is 3. The van der Waals surface area contributed by atoms with Crippen LogP contribution in [-0.2, 0) is 4.74 Å². The van der Waals surface area contributed by atoms with Crippen LogP contribution in [-0.4, -0.2) is 42.8 Å². The van der Waals surface area contributed by atoms with Crippen LogP contribution in [0.25, 0.3) is 0 Å². The second-order valence-corrected chi connectivity index (χ2v) is 12.1. The van der Waals surface area contributed by atoms with Crippen molar-refractivity contribution < 1.29 is 9.53 Å². The largest absolute Gasteiger partial charge is 0.444 e. The van der Waals surface area contributed by atoms with Gasteiger partial charge >= 0.3 is 6.09 Å². The Kier molecular flexibility index (Phi) is 6.19. The van der Waals surface area contributed by atoms with Crippen molar-refractivity contribution in [3.63, 3.8) is 0 Å². The van der Waals surface area contributed by atoms with Crippen molar-refractivity contribution in [3.8, 4) is 0 Å². The van der Waals surface area contributed by atoms with E-state index in [1.54, 1.807) is 0 Å². The highest BCUT2D eigenvalue weighted by Gasteiger charge is 2.40. The van der Waals surface area contributed by atoms with E-state index in [-0.39, 0.29) is 6.09 Å². The van der Waals surface area contributed by atoms with Gasteiger partial charge in [-0.25, -0.2) is 4.79 Å². The van der Waals surface area contributed by atoms with Crippen LogP contribution in [0.2, 0.25) is 0 Å². The summed E-state index contributed by atoms with van der Waals surface area (Å²) in [5, 5.41) is 0. The normalized spacial score (nSPS) is 22.1. The van der Waals surface area contributed by atoms with Crippen molar-refractivity contribution in [2.75, 3.05) is 31.1 Å². The van der Waals surface area contributed by atoms with Crippen molar-refractivity contribution in [2.24, 2.45) is 10.8 Å². The summed E-state index contributed by atoms with van der Waals surface area (Å²) in [5.41, 5.74) is 4.48. The van der Waals surface area contributed by atoms with E-state index in [0.717, 1.165) is 13.1 Å². The van der Waals surface area contributed by atoms with Crippen molar-refractivity contribution in [2.45, 2.75) is 86.2 Å². The molecular formula is C26H42N2O2. The summed E-state index contributed by atoms with van der Waals surface area (Å²) in [4.78, 5) is 16.8. The van der Waals surface area contributed by atoms with Gasteiger partial charge in [0.05, 0.1) is 0 Å². The van der Waals surface area contributed by atoms with Gasteiger partial charge in [-0.3, -0.25) is 0 Å². The molecule has 0 radical (unpaired) electrons. The lowest BCUT2D eigenvalue weighted by atomic mass is 9.60. The molecule has 0 bridgehead atoms. The summed E-state index contributed by atoms with van der Waals surface area (Å²) < 4.78 is 5.57. The smallest absolute Gasteiger partial charge is 0.410 e. The lowest BCUT2D eigenvalue weighted by molar-refractivity contribution is 0.0240. The molecule has 168 valence electrons. The molecule has 1 aliphatic heterocycles. The summed E-state index contributed by atoms with van der Waals surface area (Å²) in [6, 6.07) is 6.96. The Bertz CT molecular complexity index is 752. The molecule has 3 rings (SSSR count). The van der Waals surface area contributed by atoms with Crippen molar-refractivity contribution in [1.82, 2.24) is 4.90 Å². The Hall–Kier alpha value is -1.71. The Morgan fingerprint density at radius 3 is 2.10 bits per heavy atom. The van der Waals surface area contributed by atoms with E-state index in [1.165, 1.54) is 36.1 Å². The number of benzene rings is 1. The number of aryl methyl sites for hydroxylation is 1. The van der Waals surface area contributed by atoms with Crippen LogP contribution in [0.3, 0.4) is 0 Å². The molecule has 0 aromatic heterocycles. The van der Waals surface area contributed by atoms with Crippen molar-refractivity contribution >= 4 is 11.8 Å². The lowest BCUT2D eigenvalue weighted by Crippen LogP contribution is -2.50.